The Balaban J connectivity index is 1.92. The number of hydrogen-bond donors (Lipinski definition) is 2. The number of anilines is 2. The summed E-state index contributed by atoms with van der Waals surface area (Å²) in [6, 6.07) is 3.51. The highest BCUT2D eigenvalue weighted by molar-refractivity contribution is 7.80. The zero-order valence-electron chi connectivity index (χ0n) is 15.7. The molecule has 1 amide bonds. The Hall–Kier alpha value is -2.47. The van der Waals surface area contributed by atoms with Crippen molar-refractivity contribution in [1.82, 2.24) is 10.4 Å². The van der Waals surface area contributed by atoms with Gasteiger partial charge in [0.1, 0.15) is 16.8 Å². The molecule has 1 aliphatic heterocycles. The summed E-state index contributed by atoms with van der Waals surface area (Å²) in [7, 11) is 0. The summed E-state index contributed by atoms with van der Waals surface area (Å²) in [6.45, 7) is 3.25. The summed E-state index contributed by atoms with van der Waals surface area (Å²) in [5.41, 5.74) is 0.791. The van der Waals surface area contributed by atoms with E-state index in [0.717, 1.165) is 0 Å². The molecule has 2 N–H and O–H groups in total. The summed E-state index contributed by atoms with van der Waals surface area (Å²) in [5.74, 6) is -1.94. The van der Waals surface area contributed by atoms with Crippen molar-refractivity contribution in [3.05, 3.63) is 28.9 Å². The summed E-state index contributed by atoms with van der Waals surface area (Å²) in [5, 5.41) is 9.11. The van der Waals surface area contributed by atoms with Gasteiger partial charge in [0.05, 0.1) is 18.8 Å². The number of hydroxylamine groups is 2. The van der Waals surface area contributed by atoms with Gasteiger partial charge in [0.2, 0.25) is 0 Å². The van der Waals surface area contributed by atoms with Crippen LogP contribution in [0.5, 0.6) is 0 Å². The van der Waals surface area contributed by atoms with Crippen molar-refractivity contribution in [2.45, 2.75) is 19.4 Å². The second-order valence-corrected chi connectivity index (χ2v) is 6.88. The van der Waals surface area contributed by atoms with Gasteiger partial charge in [-0.25, -0.2) is 9.45 Å². The first-order chi connectivity index (χ1) is 13.8. The molecule has 0 spiro atoms. The van der Waals surface area contributed by atoms with Gasteiger partial charge in [-0.15, -0.1) is 0 Å². The minimum Gasteiger partial charge on any atom is -0.383 e. The molecule has 12 heteroatoms. The number of nitrogens with zero attached hydrogens (tertiary/aromatic N) is 3. The zero-order chi connectivity index (χ0) is 21.4. The third kappa shape index (κ3) is 6.82. The number of hydrogen-bond acceptors (Lipinski definition) is 7. The maximum absolute atomic E-state index is 14.6. The van der Waals surface area contributed by atoms with Crippen molar-refractivity contribution >= 4 is 34.5 Å². The normalized spacial score (nSPS) is 15.6. The van der Waals surface area contributed by atoms with Crippen LogP contribution in [0.2, 0.25) is 0 Å². The molecule has 1 saturated heterocycles. The van der Waals surface area contributed by atoms with E-state index in [0.29, 0.717) is 42.6 Å². The molecule has 1 atom stereocenters. The van der Waals surface area contributed by atoms with Crippen molar-refractivity contribution in [3.8, 4) is 0 Å². The maximum atomic E-state index is 14.6. The lowest BCUT2D eigenvalue weighted by molar-refractivity contribution is -0.131. The molecule has 29 heavy (non-hydrogen) atoms. The van der Waals surface area contributed by atoms with Crippen LogP contribution < -0.4 is 15.5 Å². The Bertz CT molecular complexity index is 740. The van der Waals surface area contributed by atoms with Crippen LogP contribution in [0.1, 0.15) is 6.92 Å². The molecular formula is C17H22F3N5O3S. The van der Waals surface area contributed by atoms with E-state index in [-0.39, 0.29) is 13.1 Å². The minimum absolute atomic E-state index is 0.0493. The van der Waals surface area contributed by atoms with Crippen LogP contribution in [-0.2, 0) is 9.63 Å². The first-order valence-corrected chi connectivity index (χ1v) is 9.30. The lowest BCUT2D eigenvalue weighted by atomic mass is 10.2. The molecule has 0 radical (unpaired) electrons. The summed E-state index contributed by atoms with van der Waals surface area (Å²) in [6.07, 6.45) is -3.17. The number of carbonyl (C=O) groups excluding carboxylic acids is 1. The van der Waals surface area contributed by atoms with Gasteiger partial charge in [-0.05, 0) is 25.1 Å². The largest absolute Gasteiger partial charge is 0.383 e. The lowest BCUT2D eigenvalue weighted by Gasteiger charge is -2.23. The Kier molecular flexibility index (Phi) is 8.58. The van der Waals surface area contributed by atoms with Crippen LogP contribution >= 0.6 is 12.2 Å². The molecule has 0 aliphatic carbocycles. The molecule has 1 aromatic rings. The van der Waals surface area contributed by atoms with Gasteiger partial charge in [-0.2, -0.15) is 13.7 Å². The van der Waals surface area contributed by atoms with Crippen LogP contribution in [0.3, 0.4) is 0 Å². The van der Waals surface area contributed by atoms with Crippen molar-refractivity contribution in [2.24, 2.45) is 5.18 Å². The molecule has 0 saturated carbocycles. The fraction of sp³-hybridized carbons (Fsp3) is 0.529. The van der Waals surface area contributed by atoms with Gasteiger partial charge in [0, 0.05) is 31.9 Å². The second kappa shape index (κ2) is 10.9. The highest BCUT2D eigenvalue weighted by Gasteiger charge is 2.20. The number of carbonyl (C=O) groups is 1. The van der Waals surface area contributed by atoms with Crippen LogP contribution in [0, 0.1) is 10.7 Å². The van der Waals surface area contributed by atoms with E-state index >= 15 is 0 Å². The number of amides is 1. The fourth-order valence-corrected chi connectivity index (χ4v) is 2.83. The van der Waals surface area contributed by atoms with Crippen LogP contribution in [0.25, 0.3) is 0 Å². The fourth-order valence-electron chi connectivity index (χ4n) is 2.69. The summed E-state index contributed by atoms with van der Waals surface area (Å²) in [4.78, 5) is 29.6. The van der Waals surface area contributed by atoms with Crippen LogP contribution in [-0.4, -0.2) is 67.8 Å². The molecular weight excluding hydrogens is 411 g/mol. The molecule has 0 aromatic heterocycles. The van der Waals surface area contributed by atoms with Gasteiger partial charge in [-0.3, -0.25) is 9.63 Å². The number of halogens is 3. The molecule has 160 valence electrons. The van der Waals surface area contributed by atoms with E-state index in [9.17, 15) is 22.9 Å². The van der Waals surface area contributed by atoms with Gasteiger partial charge in [0.25, 0.3) is 5.91 Å². The van der Waals surface area contributed by atoms with Gasteiger partial charge in [0.15, 0.2) is 0 Å². The predicted octanol–water partition coefficient (Wildman–Crippen LogP) is 2.15. The number of benzene rings is 1. The zero-order valence-corrected chi connectivity index (χ0v) is 16.6. The smallest absolute Gasteiger partial charge is 0.315 e. The Labute approximate surface area is 171 Å². The number of alkyl halides is 2. The van der Waals surface area contributed by atoms with Gasteiger partial charge in [-0.1, -0.05) is 17.4 Å². The van der Waals surface area contributed by atoms with E-state index in [2.05, 4.69) is 10.5 Å². The predicted molar refractivity (Wildman–Crippen MR) is 107 cm³/mol. The first kappa shape index (κ1) is 22.8. The Morgan fingerprint density at radius 2 is 2.07 bits per heavy atom. The van der Waals surface area contributed by atoms with E-state index in [1.807, 2.05) is 10.2 Å². The highest BCUT2D eigenvalue weighted by atomic mass is 32.1. The van der Waals surface area contributed by atoms with E-state index in [1.165, 1.54) is 6.07 Å². The molecule has 1 fully saturated rings. The molecule has 1 aliphatic rings. The molecule has 1 unspecified atom stereocenters. The van der Waals surface area contributed by atoms with E-state index in [1.54, 1.807) is 24.1 Å². The third-order valence-corrected chi connectivity index (χ3v) is 4.43. The van der Waals surface area contributed by atoms with Crippen molar-refractivity contribution in [1.29, 1.82) is 0 Å². The number of thiocarbonyl (C=S) groups is 1. The Morgan fingerprint density at radius 1 is 1.31 bits per heavy atom. The number of nitrogens with one attached hydrogen (secondary N) is 2. The number of nitroso groups, excluding NO2 is 1. The number of rotatable bonds is 8. The third-order valence-electron chi connectivity index (χ3n) is 4.22. The van der Waals surface area contributed by atoms with Gasteiger partial charge < -0.3 is 15.5 Å². The van der Waals surface area contributed by atoms with E-state index < -0.39 is 24.2 Å². The second-order valence-electron chi connectivity index (χ2n) is 6.29. The molecule has 1 heterocycles. The molecule has 8 nitrogen and oxygen atoms in total. The Morgan fingerprint density at radius 3 is 2.69 bits per heavy atom. The highest BCUT2D eigenvalue weighted by Crippen LogP contribution is 2.24. The summed E-state index contributed by atoms with van der Waals surface area (Å²) < 4.78 is 38.9. The van der Waals surface area contributed by atoms with E-state index in [4.69, 9.17) is 17.1 Å². The molecule has 1 aromatic carbocycles. The standard InChI is InChI=1S/C17H22F3N5O3S/c1-11(29)25-5-4-24(6-7-28-25)15-3-2-12(8-14(15)18)21-9-13(23-27)10-22-17(26)16(19)20/h2-3,8,13,16,21H,4-7,9-10H2,1H3,(H,22,26). The van der Waals surface area contributed by atoms with Crippen LogP contribution in [0.15, 0.2) is 23.4 Å². The maximum Gasteiger partial charge on any atom is 0.315 e. The monoisotopic (exact) mass is 433 g/mol. The minimum atomic E-state index is -3.17. The topological polar surface area (TPSA) is 86.3 Å². The average molecular weight is 433 g/mol. The van der Waals surface area contributed by atoms with Crippen LogP contribution in [0.4, 0.5) is 24.5 Å². The molecule has 2 rings (SSSR count). The molecule has 0 bridgehead atoms. The first-order valence-electron chi connectivity index (χ1n) is 8.89. The van der Waals surface area contributed by atoms with Gasteiger partial charge >= 0.3 is 6.43 Å². The average Bonchev–Trinajstić information content (AvgIpc) is 2.94. The van der Waals surface area contributed by atoms with Crippen molar-refractivity contribution in [3.63, 3.8) is 0 Å². The lowest BCUT2D eigenvalue weighted by Crippen LogP contribution is -2.37. The quantitative estimate of drug-likeness (QED) is 0.480. The summed E-state index contributed by atoms with van der Waals surface area (Å²) >= 11 is 5.09. The van der Waals surface area contributed by atoms with Crippen molar-refractivity contribution < 1.29 is 22.8 Å². The SMILES string of the molecule is CC(=S)N1CCN(c2ccc(NCC(CNC(=O)C(F)F)N=O)cc2F)CCO1. The van der Waals surface area contributed by atoms with Crippen molar-refractivity contribution in [2.75, 3.05) is 49.5 Å².